The van der Waals surface area contributed by atoms with Crippen molar-refractivity contribution in [2.24, 2.45) is 0 Å². The molecule has 7 heteroatoms. The fraction of sp³-hybridized carbons (Fsp3) is 0. The lowest BCUT2D eigenvalue weighted by Gasteiger charge is -2.09. The van der Waals surface area contributed by atoms with E-state index in [1.165, 1.54) is 0 Å². The van der Waals surface area contributed by atoms with E-state index in [4.69, 9.17) is 5.10 Å². The molecular formula is C27H18N6O. The molecule has 34 heavy (non-hydrogen) atoms. The molecular weight excluding hydrogens is 424 g/mol. The standard InChI is InChI=1S/C27H18N6O/c34-27(23-7-3-5-18-4-1-2-6-22(18)23)29-21-10-8-19(9-11-21)24-12-13-25-30-31-26(33(25)32-24)20-14-16-28-17-15-20/h1-17H,(H,29,34). The molecule has 0 radical (unpaired) electrons. The van der Waals surface area contributed by atoms with Crippen molar-refractivity contribution in [3.8, 4) is 22.6 Å². The van der Waals surface area contributed by atoms with Crippen LogP contribution in [0.3, 0.4) is 0 Å². The molecule has 1 N–H and O–H groups in total. The summed E-state index contributed by atoms with van der Waals surface area (Å²) in [6.45, 7) is 0. The Bertz CT molecular complexity index is 1640. The highest BCUT2D eigenvalue weighted by Gasteiger charge is 2.12. The van der Waals surface area contributed by atoms with Crippen molar-refractivity contribution in [1.29, 1.82) is 0 Å². The zero-order valence-corrected chi connectivity index (χ0v) is 18.0. The number of benzene rings is 3. The molecule has 0 aliphatic heterocycles. The van der Waals surface area contributed by atoms with Gasteiger partial charge in [-0.1, -0.05) is 48.5 Å². The zero-order valence-electron chi connectivity index (χ0n) is 18.0. The summed E-state index contributed by atoms with van der Waals surface area (Å²) in [5.41, 5.74) is 4.59. The molecule has 0 unspecified atom stereocenters. The van der Waals surface area contributed by atoms with E-state index < -0.39 is 0 Å². The molecule has 6 rings (SSSR count). The number of hydrogen-bond acceptors (Lipinski definition) is 5. The third-order valence-corrected chi connectivity index (χ3v) is 5.67. The Hall–Kier alpha value is -4.91. The first kappa shape index (κ1) is 19.8. The summed E-state index contributed by atoms with van der Waals surface area (Å²) < 4.78 is 1.72. The molecule has 0 fully saturated rings. The van der Waals surface area contributed by atoms with Crippen molar-refractivity contribution < 1.29 is 4.79 Å². The molecule has 3 heterocycles. The lowest BCUT2D eigenvalue weighted by atomic mass is 10.0. The topological polar surface area (TPSA) is 85.1 Å². The lowest BCUT2D eigenvalue weighted by Crippen LogP contribution is -2.12. The highest BCUT2D eigenvalue weighted by atomic mass is 16.1. The van der Waals surface area contributed by atoms with Gasteiger partial charge >= 0.3 is 0 Å². The Morgan fingerprint density at radius 2 is 1.53 bits per heavy atom. The number of pyridine rings is 1. The Kier molecular flexibility index (Phi) is 4.77. The van der Waals surface area contributed by atoms with Crippen molar-refractivity contribution in [2.75, 3.05) is 5.32 Å². The molecule has 0 spiro atoms. The highest BCUT2D eigenvalue weighted by Crippen LogP contribution is 2.24. The number of aromatic nitrogens is 5. The minimum Gasteiger partial charge on any atom is -0.322 e. The van der Waals surface area contributed by atoms with E-state index in [1.807, 2.05) is 91.0 Å². The third-order valence-electron chi connectivity index (χ3n) is 5.67. The van der Waals surface area contributed by atoms with Crippen LogP contribution in [-0.4, -0.2) is 30.7 Å². The van der Waals surface area contributed by atoms with Crippen molar-refractivity contribution in [3.63, 3.8) is 0 Å². The van der Waals surface area contributed by atoms with E-state index in [0.29, 0.717) is 22.7 Å². The Balaban J connectivity index is 1.28. The fourth-order valence-corrected chi connectivity index (χ4v) is 3.97. The first-order chi connectivity index (χ1) is 16.8. The number of anilines is 1. The molecule has 1 amide bonds. The van der Waals surface area contributed by atoms with E-state index >= 15 is 0 Å². The molecule has 0 aliphatic rings. The quantitative estimate of drug-likeness (QED) is 0.403. The number of carbonyl (C=O) groups excluding carboxylic acids is 1. The van der Waals surface area contributed by atoms with Gasteiger partial charge in [-0.15, -0.1) is 10.2 Å². The third kappa shape index (κ3) is 3.55. The van der Waals surface area contributed by atoms with Crippen molar-refractivity contribution in [3.05, 3.63) is 109 Å². The molecule has 0 saturated heterocycles. The van der Waals surface area contributed by atoms with Crippen LogP contribution in [0, 0.1) is 0 Å². The summed E-state index contributed by atoms with van der Waals surface area (Å²) in [6.07, 6.45) is 3.43. The van der Waals surface area contributed by atoms with Crippen LogP contribution in [0.4, 0.5) is 5.69 Å². The predicted molar refractivity (Wildman–Crippen MR) is 131 cm³/mol. The summed E-state index contributed by atoms with van der Waals surface area (Å²) in [7, 11) is 0. The fourth-order valence-electron chi connectivity index (χ4n) is 3.97. The summed E-state index contributed by atoms with van der Waals surface area (Å²) in [5.74, 6) is 0.508. The smallest absolute Gasteiger partial charge is 0.256 e. The maximum absolute atomic E-state index is 12.9. The van der Waals surface area contributed by atoms with Gasteiger partial charge in [-0.25, -0.2) is 0 Å². The molecule has 162 valence electrons. The van der Waals surface area contributed by atoms with Crippen LogP contribution < -0.4 is 5.32 Å². The van der Waals surface area contributed by atoms with Crippen molar-refractivity contribution in [2.45, 2.75) is 0 Å². The second kappa shape index (κ2) is 8.22. The normalized spacial score (nSPS) is 11.1. The second-order valence-corrected chi connectivity index (χ2v) is 7.81. The molecule has 0 atom stereocenters. The Morgan fingerprint density at radius 3 is 2.38 bits per heavy atom. The van der Waals surface area contributed by atoms with Gasteiger partial charge in [0.1, 0.15) is 0 Å². The van der Waals surface area contributed by atoms with E-state index in [2.05, 4.69) is 20.5 Å². The van der Waals surface area contributed by atoms with Gasteiger partial charge in [-0.05, 0) is 53.2 Å². The number of fused-ring (bicyclic) bond motifs is 2. The van der Waals surface area contributed by atoms with Crippen molar-refractivity contribution in [1.82, 2.24) is 24.8 Å². The highest BCUT2D eigenvalue weighted by molar-refractivity contribution is 6.12. The molecule has 0 aliphatic carbocycles. The van der Waals surface area contributed by atoms with Crippen LogP contribution in [0.25, 0.3) is 39.1 Å². The molecule has 7 nitrogen and oxygen atoms in total. The number of amides is 1. The van der Waals surface area contributed by atoms with Gasteiger partial charge in [0.05, 0.1) is 5.69 Å². The molecule has 0 bridgehead atoms. The summed E-state index contributed by atoms with van der Waals surface area (Å²) in [6, 6.07) is 28.8. The summed E-state index contributed by atoms with van der Waals surface area (Å²) in [4.78, 5) is 17.0. The van der Waals surface area contributed by atoms with Crippen LogP contribution in [-0.2, 0) is 0 Å². The summed E-state index contributed by atoms with van der Waals surface area (Å²) in [5, 5.41) is 18.2. The van der Waals surface area contributed by atoms with Gasteiger partial charge in [0.25, 0.3) is 5.91 Å². The monoisotopic (exact) mass is 442 g/mol. The first-order valence-electron chi connectivity index (χ1n) is 10.8. The molecule has 0 saturated carbocycles. The maximum Gasteiger partial charge on any atom is 0.256 e. The first-order valence-corrected chi connectivity index (χ1v) is 10.8. The average molecular weight is 442 g/mol. The van der Waals surface area contributed by atoms with Gasteiger partial charge in [-0.2, -0.15) is 9.61 Å². The lowest BCUT2D eigenvalue weighted by molar-refractivity contribution is 0.102. The van der Waals surface area contributed by atoms with Gasteiger partial charge in [-0.3, -0.25) is 9.78 Å². The minimum absolute atomic E-state index is 0.143. The number of hydrogen-bond donors (Lipinski definition) is 1. The van der Waals surface area contributed by atoms with E-state index in [1.54, 1.807) is 16.9 Å². The van der Waals surface area contributed by atoms with Gasteiger partial charge in [0, 0.05) is 34.8 Å². The molecule has 3 aromatic heterocycles. The zero-order chi connectivity index (χ0) is 22.9. The van der Waals surface area contributed by atoms with Crippen LogP contribution in [0.1, 0.15) is 10.4 Å². The Morgan fingerprint density at radius 1 is 0.735 bits per heavy atom. The maximum atomic E-state index is 12.9. The average Bonchev–Trinajstić information content (AvgIpc) is 3.32. The van der Waals surface area contributed by atoms with Gasteiger partial charge in [0.15, 0.2) is 11.5 Å². The van der Waals surface area contributed by atoms with E-state index in [0.717, 1.165) is 27.6 Å². The van der Waals surface area contributed by atoms with Gasteiger partial charge < -0.3 is 5.32 Å². The number of nitrogens with zero attached hydrogens (tertiary/aromatic N) is 5. The van der Waals surface area contributed by atoms with Crippen LogP contribution >= 0.6 is 0 Å². The summed E-state index contributed by atoms with van der Waals surface area (Å²) >= 11 is 0. The predicted octanol–water partition coefficient (Wildman–Crippen LogP) is 5.26. The van der Waals surface area contributed by atoms with E-state index in [9.17, 15) is 4.79 Å². The minimum atomic E-state index is -0.143. The van der Waals surface area contributed by atoms with E-state index in [-0.39, 0.29) is 5.91 Å². The Labute approximate surface area is 194 Å². The number of carbonyl (C=O) groups is 1. The SMILES string of the molecule is O=C(Nc1ccc(-c2ccc3nnc(-c4ccncc4)n3n2)cc1)c1cccc2ccccc12. The number of rotatable bonds is 4. The molecule has 3 aromatic carbocycles. The largest absolute Gasteiger partial charge is 0.322 e. The second-order valence-electron chi connectivity index (χ2n) is 7.81. The van der Waals surface area contributed by atoms with Gasteiger partial charge in [0.2, 0.25) is 0 Å². The van der Waals surface area contributed by atoms with Crippen molar-refractivity contribution >= 4 is 28.0 Å². The molecule has 6 aromatic rings. The van der Waals surface area contributed by atoms with Crippen LogP contribution in [0.5, 0.6) is 0 Å². The van der Waals surface area contributed by atoms with Crippen LogP contribution in [0.2, 0.25) is 0 Å². The number of nitrogens with one attached hydrogen (secondary N) is 1. The van der Waals surface area contributed by atoms with Crippen LogP contribution in [0.15, 0.2) is 103 Å².